The number of rotatable bonds is 5. The molecule has 2 unspecified atom stereocenters. The van der Waals surface area contributed by atoms with E-state index in [9.17, 15) is 36.7 Å². The summed E-state index contributed by atoms with van der Waals surface area (Å²) >= 11 is 4.60. The molecule has 17 heteroatoms. The number of benzene rings is 4. The SMILES string of the molecule is CN1CCC(N)c2cccc(C(=O)Nc3ccc(F)c(F)c3)c21.COC(=O)Cl.COC(=O)NC1CCN(C)c2c(C(=O)Nc3ccc(F)c(F)c3)cccc21. The van der Waals surface area contributed by atoms with E-state index in [0.717, 1.165) is 54.0 Å². The molecule has 292 valence electrons. The average Bonchev–Trinajstić information content (AvgIpc) is 3.17. The first kappa shape index (κ1) is 41.9. The van der Waals surface area contributed by atoms with Crippen LogP contribution in [0.4, 0.5) is 49.9 Å². The number of methoxy groups -OCH3 is 2. The molecule has 0 saturated carbocycles. The van der Waals surface area contributed by atoms with Crippen molar-refractivity contribution in [3.63, 3.8) is 0 Å². The van der Waals surface area contributed by atoms with Crippen LogP contribution in [0, 0.1) is 23.3 Å². The summed E-state index contributed by atoms with van der Waals surface area (Å²) in [7, 11) is 6.26. The fourth-order valence-electron chi connectivity index (χ4n) is 6.01. The van der Waals surface area contributed by atoms with Gasteiger partial charge in [-0.15, -0.1) is 0 Å². The van der Waals surface area contributed by atoms with E-state index in [-0.39, 0.29) is 29.4 Å². The summed E-state index contributed by atoms with van der Waals surface area (Å²) < 4.78 is 61.2. The first-order valence-corrected chi connectivity index (χ1v) is 17.1. The zero-order valence-corrected chi connectivity index (χ0v) is 31.0. The van der Waals surface area contributed by atoms with Crippen molar-refractivity contribution in [2.75, 3.05) is 61.8 Å². The van der Waals surface area contributed by atoms with Gasteiger partial charge in [0.05, 0.1) is 42.8 Å². The van der Waals surface area contributed by atoms with Gasteiger partial charge >= 0.3 is 11.5 Å². The maximum absolute atomic E-state index is 13.4. The molecule has 2 aliphatic rings. The van der Waals surface area contributed by atoms with Crippen LogP contribution in [0.3, 0.4) is 0 Å². The Labute approximate surface area is 319 Å². The lowest BCUT2D eigenvalue weighted by molar-refractivity contribution is 0.101. The van der Waals surface area contributed by atoms with E-state index in [1.807, 2.05) is 36.0 Å². The minimum atomic E-state index is -1.04. The molecule has 2 aliphatic heterocycles. The molecule has 0 aromatic heterocycles. The first-order chi connectivity index (χ1) is 26.1. The van der Waals surface area contributed by atoms with E-state index in [2.05, 4.69) is 37.0 Å². The quantitative estimate of drug-likeness (QED) is 0.119. The lowest BCUT2D eigenvalue weighted by atomic mass is 9.93. The van der Waals surface area contributed by atoms with Gasteiger partial charge in [-0.1, -0.05) is 24.3 Å². The molecular weight excluding hydrogens is 748 g/mol. The van der Waals surface area contributed by atoms with Crippen LogP contribution in [0.1, 0.15) is 56.8 Å². The summed E-state index contributed by atoms with van der Waals surface area (Å²) in [5.41, 5.74) is 9.69. The lowest BCUT2D eigenvalue weighted by Gasteiger charge is -2.34. The second kappa shape index (κ2) is 18.9. The van der Waals surface area contributed by atoms with Crippen LogP contribution in [0.15, 0.2) is 72.8 Å². The number of halogens is 5. The van der Waals surface area contributed by atoms with E-state index in [1.165, 1.54) is 26.4 Å². The van der Waals surface area contributed by atoms with Crippen LogP contribution in [-0.2, 0) is 9.47 Å². The number of ether oxygens (including phenoxy) is 2. The fourth-order valence-corrected chi connectivity index (χ4v) is 6.01. The third kappa shape index (κ3) is 10.6. The number of nitrogens with zero attached hydrogens (tertiary/aromatic N) is 2. The Morgan fingerprint density at radius 3 is 1.60 bits per heavy atom. The van der Waals surface area contributed by atoms with Gasteiger partial charge in [-0.3, -0.25) is 9.59 Å². The van der Waals surface area contributed by atoms with Gasteiger partial charge < -0.3 is 41.0 Å². The topological polar surface area (TPSA) is 155 Å². The summed E-state index contributed by atoms with van der Waals surface area (Å²) in [4.78, 5) is 50.1. The zero-order chi connectivity index (χ0) is 40.4. The van der Waals surface area contributed by atoms with Crippen molar-refractivity contribution in [3.05, 3.63) is 118 Å². The van der Waals surface area contributed by atoms with E-state index in [4.69, 9.17) is 5.73 Å². The minimum Gasteiger partial charge on any atom is -0.457 e. The van der Waals surface area contributed by atoms with Gasteiger partial charge in [0.1, 0.15) is 0 Å². The molecule has 5 N–H and O–H groups in total. The largest absolute Gasteiger partial charge is 0.457 e. The molecule has 4 aromatic carbocycles. The van der Waals surface area contributed by atoms with E-state index in [1.54, 1.807) is 24.3 Å². The third-order valence-electron chi connectivity index (χ3n) is 8.68. The summed E-state index contributed by atoms with van der Waals surface area (Å²) in [6, 6.07) is 16.6. The van der Waals surface area contributed by atoms with E-state index < -0.39 is 40.7 Å². The molecule has 4 aromatic rings. The number of para-hydroxylation sites is 2. The van der Waals surface area contributed by atoms with Crippen LogP contribution < -0.4 is 31.5 Å². The van der Waals surface area contributed by atoms with Gasteiger partial charge in [-0.2, -0.15) is 0 Å². The molecule has 0 saturated heterocycles. The Hall–Kier alpha value is -5.87. The summed E-state index contributed by atoms with van der Waals surface area (Å²) in [5.74, 6) is -4.82. The fraction of sp³-hybridized carbons (Fsp3) is 0.263. The van der Waals surface area contributed by atoms with Crippen molar-refractivity contribution < 1.29 is 46.2 Å². The van der Waals surface area contributed by atoms with Crippen LogP contribution in [-0.4, -0.2) is 64.7 Å². The second-order valence-corrected chi connectivity index (χ2v) is 12.6. The molecule has 3 amide bonds. The first-order valence-electron chi connectivity index (χ1n) is 16.7. The van der Waals surface area contributed by atoms with Crippen LogP contribution in [0.5, 0.6) is 0 Å². The van der Waals surface area contributed by atoms with E-state index in [0.29, 0.717) is 29.8 Å². The third-order valence-corrected chi connectivity index (χ3v) is 8.84. The summed E-state index contributed by atoms with van der Waals surface area (Å²) in [6.07, 6.45) is 0.928. The maximum atomic E-state index is 13.4. The van der Waals surface area contributed by atoms with Gasteiger partial charge in [0.2, 0.25) is 0 Å². The molecule has 0 fully saturated rings. The van der Waals surface area contributed by atoms with Crippen LogP contribution >= 0.6 is 11.6 Å². The monoisotopic (exact) mass is 786 g/mol. The number of carbonyl (C=O) groups excluding carboxylic acids is 4. The van der Waals surface area contributed by atoms with Crippen molar-refractivity contribution in [2.45, 2.75) is 24.9 Å². The van der Waals surface area contributed by atoms with Crippen molar-refractivity contribution in [1.29, 1.82) is 0 Å². The van der Waals surface area contributed by atoms with Gasteiger partial charge in [-0.05, 0) is 60.4 Å². The van der Waals surface area contributed by atoms with Crippen molar-refractivity contribution in [2.24, 2.45) is 5.73 Å². The van der Waals surface area contributed by atoms with Gasteiger partial charge in [-0.25, -0.2) is 27.2 Å². The highest BCUT2D eigenvalue weighted by Crippen LogP contribution is 2.37. The molecule has 0 radical (unpaired) electrons. The predicted octanol–water partition coefficient (Wildman–Crippen LogP) is 7.50. The number of hydrogen-bond acceptors (Lipinski definition) is 9. The van der Waals surface area contributed by atoms with Crippen LogP contribution in [0.25, 0.3) is 0 Å². The van der Waals surface area contributed by atoms with Crippen molar-refractivity contribution >= 4 is 57.7 Å². The number of nitrogens with two attached hydrogens (primary N) is 1. The number of anilines is 4. The number of nitrogens with one attached hydrogen (secondary N) is 3. The molecule has 6 rings (SSSR count). The number of hydrogen-bond donors (Lipinski definition) is 4. The van der Waals surface area contributed by atoms with Crippen molar-refractivity contribution in [1.82, 2.24) is 5.32 Å². The highest BCUT2D eigenvalue weighted by Gasteiger charge is 2.29. The normalized spacial score (nSPS) is 15.4. The average molecular weight is 787 g/mol. The van der Waals surface area contributed by atoms with Crippen LogP contribution in [0.2, 0.25) is 0 Å². The van der Waals surface area contributed by atoms with E-state index >= 15 is 0 Å². The number of alkyl carbamates (subject to hydrolysis) is 1. The number of amides is 3. The minimum absolute atomic E-state index is 0.114. The molecule has 2 heterocycles. The zero-order valence-electron chi connectivity index (χ0n) is 30.2. The molecule has 0 spiro atoms. The lowest BCUT2D eigenvalue weighted by Crippen LogP contribution is -2.37. The Kier molecular flexibility index (Phi) is 14.4. The molecule has 2 atom stereocenters. The Morgan fingerprint density at radius 2 is 1.15 bits per heavy atom. The van der Waals surface area contributed by atoms with Crippen molar-refractivity contribution in [3.8, 4) is 0 Å². The maximum Gasteiger partial charge on any atom is 0.407 e. The second-order valence-electron chi connectivity index (χ2n) is 12.3. The van der Waals surface area contributed by atoms with Gasteiger partial charge in [0, 0.05) is 68.3 Å². The van der Waals surface area contributed by atoms with Gasteiger partial charge in [0.25, 0.3) is 11.8 Å². The Balaban J connectivity index is 0.000000220. The molecular formula is C38H39ClF4N6O6. The predicted molar refractivity (Wildman–Crippen MR) is 201 cm³/mol. The molecule has 0 bridgehead atoms. The van der Waals surface area contributed by atoms with Gasteiger partial charge in [0.15, 0.2) is 23.3 Å². The molecule has 0 aliphatic carbocycles. The summed E-state index contributed by atoms with van der Waals surface area (Å²) in [6.45, 7) is 1.38. The number of fused-ring (bicyclic) bond motifs is 2. The summed E-state index contributed by atoms with van der Waals surface area (Å²) in [5, 5.41) is 7.94. The standard InChI is InChI=1S/C19H19F2N3O3.C17H17F2N3O.C2H3ClO2/c1-24-9-8-16(23-19(26)27-2)12-4-3-5-13(17(12)24)18(25)22-11-6-7-14(20)15(21)10-11;1-22-8-7-15(20)11-3-2-4-12(16(11)22)17(23)21-10-5-6-13(18)14(19)9-10;1-5-2(3)4/h3-7,10,16H,8-9H2,1-2H3,(H,22,25)(H,23,26);2-6,9,15H,7-8,20H2,1H3,(H,21,23);1H3. The smallest absolute Gasteiger partial charge is 0.407 e. The molecule has 12 nitrogen and oxygen atoms in total. The Morgan fingerprint density at radius 1 is 0.691 bits per heavy atom. The highest BCUT2D eigenvalue weighted by atomic mass is 35.5. The highest BCUT2D eigenvalue weighted by molar-refractivity contribution is 6.61. The number of carbonyl (C=O) groups is 4. The Bertz CT molecular complexity index is 2060. The molecule has 55 heavy (non-hydrogen) atoms.